The van der Waals surface area contributed by atoms with Crippen molar-refractivity contribution >= 4 is 54.4 Å². The molecule has 0 N–H and O–H groups in total. The molecule has 12 aromatic rings. The molecule has 284 valence electrons. The van der Waals surface area contributed by atoms with E-state index in [1.54, 1.807) is 0 Å². The van der Waals surface area contributed by atoms with E-state index in [2.05, 4.69) is 164 Å². The van der Waals surface area contributed by atoms with E-state index in [0.29, 0.717) is 17.5 Å². The van der Waals surface area contributed by atoms with Gasteiger partial charge in [-0.1, -0.05) is 188 Å². The largest absolute Gasteiger partial charge is 0.456 e. The number of pyridine rings is 1. The predicted octanol–water partition coefficient (Wildman–Crippen LogP) is 14.6. The van der Waals surface area contributed by atoms with E-state index in [1.165, 1.54) is 0 Å². The summed E-state index contributed by atoms with van der Waals surface area (Å²) in [7, 11) is 0. The minimum Gasteiger partial charge on any atom is -0.456 e. The van der Waals surface area contributed by atoms with Gasteiger partial charge in [-0.05, 0) is 45.7 Å². The molecular formula is C56H34N4O. The second-order valence-electron chi connectivity index (χ2n) is 15.3. The van der Waals surface area contributed by atoms with Crippen molar-refractivity contribution < 1.29 is 4.42 Å². The lowest BCUT2D eigenvalue weighted by molar-refractivity contribution is 0.669. The molecule has 0 spiro atoms. The van der Waals surface area contributed by atoms with Crippen LogP contribution in [0.2, 0.25) is 0 Å². The third-order valence-electron chi connectivity index (χ3n) is 11.7. The van der Waals surface area contributed by atoms with E-state index >= 15 is 0 Å². The number of nitrogens with zero attached hydrogens (tertiary/aromatic N) is 4. The van der Waals surface area contributed by atoms with Crippen molar-refractivity contribution in [3.63, 3.8) is 0 Å². The summed E-state index contributed by atoms with van der Waals surface area (Å²) in [5.41, 5.74) is 12.0. The Morgan fingerprint density at radius 3 is 1.59 bits per heavy atom. The number of hydrogen-bond donors (Lipinski definition) is 0. The number of furan rings is 1. The van der Waals surface area contributed by atoms with Gasteiger partial charge in [0, 0.05) is 54.7 Å². The van der Waals surface area contributed by atoms with E-state index in [9.17, 15) is 0 Å². The summed E-state index contributed by atoms with van der Waals surface area (Å²) in [5, 5.41) is 7.77. The Morgan fingerprint density at radius 2 is 0.852 bits per heavy atom. The van der Waals surface area contributed by atoms with Crippen molar-refractivity contribution in [3.05, 3.63) is 206 Å². The van der Waals surface area contributed by atoms with Crippen molar-refractivity contribution in [3.8, 4) is 67.7 Å². The summed E-state index contributed by atoms with van der Waals surface area (Å²) in [6, 6.07) is 71.6. The van der Waals surface area contributed by atoms with Crippen molar-refractivity contribution in [2.45, 2.75) is 0 Å². The molecule has 0 unspecified atom stereocenters. The van der Waals surface area contributed by atoms with Gasteiger partial charge < -0.3 is 4.42 Å². The lowest BCUT2D eigenvalue weighted by atomic mass is 9.89. The van der Waals surface area contributed by atoms with Gasteiger partial charge in [0.25, 0.3) is 0 Å². The molecule has 0 atom stereocenters. The van der Waals surface area contributed by atoms with Crippen molar-refractivity contribution in [2.75, 3.05) is 0 Å². The lowest BCUT2D eigenvalue weighted by Crippen LogP contribution is -2.00. The van der Waals surface area contributed by atoms with Gasteiger partial charge in [-0.15, -0.1) is 0 Å². The zero-order valence-electron chi connectivity index (χ0n) is 32.8. The topological polar surface area (TPSA) is 64.7 Å². The zero-order valence-corrected chi connectivity index (χ0v) is 32.8. The number of hydrogen-bond acceptors (Lipinski definition) is 5. The number of rotatable bonds is 6. The molecule has 9 aromatic carbocycles. The first-order valence-corrected chi connectivity index (χ1v) is 20.5. The third kappa shape index (κ3) is 5.94. The van der Waals surface area contributed by atoms with Crippen LogP contribution in [0.5, 0.6) is 0 Å². The molecule has 0 radical (unpaired) electrons. The van der Waals surface area contributed by atoms with E-state index in [-0.39, 0.29) is 0 Å². The van der Waals surface area contributed by atoms with Crippen LogP contribution >= 0.6 is 0 Å². The van der Waals surface area contributed by atoms with Gasteiger partial charge in [0.1, 0.15) is 11.2 Å². The normalized spacial score (nSPS) is 11.6. The third-order valence-corrected chi connectivity index (χ3v) is 11.7. The maximum absolute atomic E-state index is 6.61. The second kappa shape index (κ2) is 14.2. The summed E-state index contributed by atoms with van der Waals surface area (Å²) >= 11 is 0. The van der Waals surface area contributed by atoms with Gasteiger partial charge in [-0.25, -0.2) is 19.9 Å². The molecule has 5 nitrogen and oxygen atoms in total. The maximum atomic E-state index is 6.61. The highest BCUT2D eigenvalue weighted by Crippen LogP contribution is 2.46. The fourth-order valence-electron chi connectivity index (χ4n) is 8.82. The van der Waals surface area contributed by atoms with Crippen molar-refractivity contribution in [2.24, 2.45) is 0 Å². The SMILES string of the molecule is c1ccc(-c2nc(-c3ccc(-c4ccc(-c5c6c(cc7c(-c8ccccc8)nc8ccccc8c57)oc5ccccc56)cc4)cc3)nc(-c3cccc4ccccc34)n2)cc1. The van der Waals surface area contributed by atoms with Gasteiger partial charge >= 0.3 is 0 Å². The molecule has 0 saturated heterocycles. The van der Waals surface area contributed by atoms with E-state index < -0.39 is 0 Å². The summed E-state index contributed by atoms with van der Waals surface area (Å²) in [6.45, 7) is 0. The van der Waals surface area contributed by atoms with Gasteiger partial charge in [0.2, 0.25) is 0 Å². The van der Waals surface area contributed by atoms with Gasteiger partial charge in [0.15, 0.2) is 17.5 Å². The van der Waals surface area contributed by atoms with Crippen LogP contribution in [-0.2, 0) is 0 Å². The van der Waals surface area contributed by atoms with Crippen molar-refractivity contribution in [1.29, 1.82) is 0 Å². The molecule has 3 heterocycles. The molecule has 0 bridgehead atoms. The highest BCUT2D eigenvalue weighted by atomic mass is 16.3. The predicted molar refractivity (Wildman–Crippen MR) is 250 cm³/mol. The first-order chi connectivity index (χ1) is 30.2. The number of fused-ring (bicyclic) bond motifs is 7. The Morgan fingerprint density at radius 1 is 0.311 bits per heavy atom. The summed E-state index contributed by atoms with van der Waals surface area (Å²) in [6.07, 6.45) is 0. The molecule has 0 aliphatic rings. The summed E-state index contributed by atoms with van der Waals surface area (Å²) in [5.74, 6) is 1.91. The molecular weight excluding hydrogens is 745 g/mol. The molecule has 5 heteroatoms. The van der Waals surface area contributed by atoms with Crippen LogP contribution in [0.25, 0.3) is 122 Å². The first-order valence-electron chi connectivity index (χ1n) is 20.5. The quantitative estimate of drug-likeness (QED) is 0.157. The fraction of sp³-hybridized carbons (Fsp3) is 0. The average molecular weight is 779 g/mol. The van der Waals surface area contributed by atoms with E-state index in [1.807, 2.05) is 42.5 Å². The Bertz CT molecular complexity index is 3610. The average Bonchev–Trinajstić information content (AvgIpc) is 3.71. The van der Waals surface area contributed by atoms with Gasteiger partial charge in [0.05, 0.1) is 11.2 Å². The van der Waals surface area contributed by atoms with Gasteiger partial charge in [-0.2, -0.15) is 0 Å². The van der Waals surface area contributed by atoms with Gasteiger partial charge in [-0.3, -0.25) is 0 Å². The van der Waals surface area contributed by atoms with Crippen molar-refractivity contribution in [1.82, 2.24) is 19.9 Å². The Kier molecular flexibility index (Phi) is 8.10. The van der Waals surface area contributed by atoms with E-state index in [0.717, 1.165) is 105 Å². The van der Waals surface area contributed by atoms with Crippen LogP contribution in [0.15, 0.2) is 211 Å². The number of para-hydroxylation sites is 2. The fourth-order valence-corrected chi connectivity index (χ4v) is 8.82. The standard InChI is InChI=1S/C56H34N4O/c1-3-15-39(16-4-1)53-46-34-49-52(45-22-10-12-25-48(45)61-49)50(51(46)44-21-9-11-24-47(44)57-53)38-30-26-35(27-31-38)36-28-32-41(33-29-36)55-58-54(40-17-5-2-6-18-40)59-56(60-55)43-23-13-19-37-14-7-8-20-42(37)43/h1-34H. The first kappa shape index (κ1) is 34.7. The molecule has 0 amide bonds. The second-order valence-corrected chi connectivity index (χ2v) is 15.3. The summed E-state index contributed by atoms with van der Waals surface area (Å²) in [4.78, 5) is 20.3. The Balaban J connectivity index is 0.983. The highest BCUT2D eigenvalue weighted by Gasteiger charge is 2.22. The molecule has 0 saturated carbocycles. The zero-order chi connectivity index (χ0) is 40.3. The molecule has 0 aliphatic carbocycles. The lowest BCUT2D eigenvalue weighted by Gasteiger charge is -2.16. The Hall–Kier alpha value is -8.28. The highest BCUT2D eigenvalue weighted by molar-refractivity contribution is 6.27. The molecule has 0 fully saturated rings. The van der Waals surface area contributed by atoms with Crippen LogP contribution in [0.4, 0.5) is 0 Å². The molecule has 3 aromatic heterocycles. The minimum atomic E-state index is 0.627. The van der Waals surface area contributed by atoms with E-state index in [4.69, 9.17) is 24.4 Å². The molecule has 12 rings (SSSR count). The molecule has 0 aliphatic heterocycles. The number of aromatic nitrogens is 4. The maximum Gasteiger partial charge on any atom is 0.164 e. The monoisotopic (exact) mass is 778 g/mol. The summed E-state index contributed by atoms with van der Waals surface area (Å²) < 4.78 is 6.61. The van der Waals surface area contributed by atoms with Crippen LogP contribution in [-0.4, -0.2) is 19.9 Å². The van der Waals surface area contributed by atoms with Crippen LogP contribution in [0.1, 0.15) is 0 Å². The minimum absolute atomic E-state index is 0.627. The molecule has 61 heavy (non-hydrogen) atoms. The van der Waals surface area contributed by atoms with Crippen LogP contribution in [0, 0.1) is 0 Å². The number of benzene rings is 9. The Labute approximate surface area is 351 Å². The van der Waals surface area contributed by atoms with Crippen LogP contribution < -0.4 is 0 Å². The smallest absolute Gasteiger partial charge is 0.164 e. The van der Waals surface area contributed by atoms with Crippen LogP contribution in [0.3, 0.4) is 0 Å².